The number of hydrogen-bond acceptors (Lipinski definition) is 8. The average molecular weight is 541 g/mol. The number of ether oxygens (including phenoxy) is 1. The Balaban J connectivity index is 1.52. The van der Waals surface area contributed by atoms with Gasteiger partial charge in [-0.05, 0) is 43.2 Å². The van der Waals surface area contributed by atoms with Crippen LogP contribution in [-0.2, 0) is 24.8 Å². The molecule has 2 aromatic rings. The van der Waals surface area contributed by atoms with Gasteiger partial charge in [0, 0.05) is 25.2 Å². The second kappa shape index (κ2) is 11.7. The quantitative estimate of drug-likeness (QED) is 0.257. The Kier molecular flexibility index (Phi) is 8.87. The average Bonchev–Trinajstić information content (AvgIpc) is 2.85. The van der Waals surface area contributed by atoms with Crippen molar-refractivity contribution >= 4 is 37.3 Å². The highest BCUT2D eigenvalue weighted by Gasteiger charge is 2.26. The van der Waals surface area contributed by atoms with E-state index in [1.807, 2.05) is 0 Å². The van der Waals surface area contributed by atoms with Gasteiger partial charge >= 0.3 is 0 Å². The molecule has 1 saturated heterocycles. The van der Waals surface area contributed by atoms with Crippen molar-refractivity contribution in [3.05, 3.63) is 58.6 Å². The van der Waals surface area contributed by atoms with Crippen LogP contribution in [0.1, 0.15) is 19.3 Å². The first-order chi connectivity index (χ1) is 17.0. The monoisotopic (exact) mass is 540 g/mol. The van der Waals surface area contributed by atoms with E-state index in [1.165, 1.54) is 46.8 Å². The summed E-state index contributed by atoms with van der Waals surface area (Å²) in [5, 5.41) is 13.5. The van der Waals surface area contributed by atoms with Crippen LogP contribution in [0.25, 0.3) is 0 Å². The molecule has 0 spiro atoms. The van der Waals surface area contributed by atoms with Crippen molar-refractivity contribution in [3.8, 4) is 5.75 Å². The number of hydrogen-bond donors (Lipinski definition) is 1. The van der Waals surface area contributed by atoms with E-state index in [0.717, 1.165) is 35.9 Å². The molecule has 1 aliphatic rings. The number of benzene rings is 2. The van der Waals surface area contributed by atoms with Crippen LogP contribution in [0, 0.1) is 10.1 Å². The van der Waals surface area contributed by atoms with Crippen molar-refractivity contribution in [2.24, 2.45) is 0 Å². The summed E-state index contributed by atoms with van der Waals surface area (Å²) in [7, 11) is -7.43. The molecule has 0 saturated carbocycles. The first kappa shape index (κ1) is 27.4. The topological polar surface area (TPSA) is 156 Å². The molecule has 196 valence electrons. The summed E-state index contributed by atoms with van der Waals surface area (Å²) in [6.07, 6.45) is 3.62. The zero-order chi connectivity index (χ0) is 26.3. The number of carbonyl (C=O) groups excluding carboxylic acids is 1. The molecule has 0 aliphatic carbocycles. The van der Waals surface area contributed by atoms with E-state index in [9.17, 15) is 31.7 Å². The summed E-state index contributed by atoms with van der Waals surface area (Å²) in [6.45, 7) is 0.568. The van der Waals surface area contributed by atoms with Gasteiger partial charge in [-0.3, -0.25) is 19.2 Å². The molecule has 1 fully saturated rings. The second-order valence-corrected chi connectivity index (χ2v) is 12.0. The summed E-state index contributed by atoms with van der Waals surface area (Å²) >= 11 is 0. The third-order valence-corrected chi connectivity index (χ3v) is 8.54. The Morgan fingerprint density at radius 3 is 2.36 bits per heavy atom. The first-order valence-electron chi connectivity index (χ1n) is 11.2. The predicted octanol–water partition coefficient (Wildman–Crippen LogP) is 1.73. The molecule has 1 amide bonds. The number of nitro benzene ring substituents is 1. The van der Waals surface area contributed by atoms with E-state index >= 15 is 0 Å². The predicted molar refractivity (Wildman–Crippen MR) is 133 cm³/mol. The minimum absolute atomic E-state index is 0.00213. The van der Waals surface area contributed by atoms with E-state index in [0.29, 0.717) is 18.8 Å². The van der Waals surface area contributed by atoms with Gasteiger partial charge in [-0.25, -0.2) is 16.8 Å². The van der Waals surface area contributed by atoms with Crippen molar-refractivity contribution in [3.63, 3.8) is 0 Å². The van der Waals surface area contributed by atoms with Gasteiger partial charge in [0.05, 0.1) is 28.3 Å². The van der Waals surface area contributed by atoms with E-state index in [1.54, 1.807) is 0 Å². The molecule has 12 nitrogen and oxygen atoms in total. The maximum atomic E-state index is 12.7. The lowest BCUT2D eigenvalue weighted by Gasteiger charge is -2.25. The van der Waals surface area contributed by atoms with Gasteiger partial charge in [0.25, 0.3) is 5.69 Å². The zero-order valence-corrected chi connectivity index (χ0v) is 21.3. The van der Waals surface area contributed by atoms with Crippen molar-refractivity contribution < 1.29 is 31.3 Å². The van der Waals surface area contributed by atoms with E-state index in [4.69, 9.17) is 4.74 Å². The minimum Gasteiger partial charge on any atom is -0.492 e. The van der Waals surface area contributed by atoms with Crippen LogP contribution in [0.5, 0.6) is 5.75 Å². The number of carbonyl (C=O) groups is 1. The van der Waals surface area contributed by atoms with Crippen LogP contribution in [0.2, 0.25) is 0 Å². The molecular formula is C22H28N4O8S2. The normalized spacial score (nSPS) is 14.7. The fourth-order valence-electron chi connectivity index (χ4n) is 3.67. The lowest BCUT2D eigenvalue weighted by atomic mass is 10.2. The van der Waals surface area contributed by atoms with Gasteiger partial charge < -0.3 is 10.1 Å². The lowest BCUT2D eigenvalue weighted by molar-refractivity contribution is -0.384. The molecule has 0 radical (unpaired) electrons. The van der Waals surface area contributed by atoms with Gasteiger partial charge in [-0.15, -0.1) is 0 Å². The van der Waals surface area contributed by atoms with E-state index < -0.39 is 37.4 Å². The maximum Gasteiger partial charge on any atom is 0.271 e. The fraction of sp³-hybridized carbons (Fsp3) is 0.409. The summed E-state index contributed by atoms with van der Waals surface area (Å²) < 4.78 is 57.5. The molecule has 3 rings (SSSR count). The van der Waals surface area contributed by atoms with Gasteiger partial charge in [0.1, 0.15) is 18.9 Å². The molecule has 1 aliphatic heterocycles. The Labute approximate surface area is 210 Å². The van der Waals surface area contributed by atoms with Crippen LogP contribution in [0.4, 0.5) is 11.4 Å². The Bertz CT molecular complexity index is 1290. The van der Waals surface area contributed by atoms with Gasteiger partial charge in [-0.1, -0.05) is 12.5 Å². The third-order valence-electron chi connectivity index (χ3n) is 5.49. The van der Waals surface area contributed by atoms with Gasteiger partial charge in [0.2, 0.25) is 26.0 Å². The van der Waals surface area contributed by atoms with Crippen molar-refractivity contribution in [2.75, 3.05) is 43.3 Å². The molecule has 0 aromatic heterocycles. The number of piperidine rings is 1. The van der Waals surface area contributed by atoms with Crippen LogP contribution in [0.15, 0.2) is 53.4 Å². The second-order valence-electron chi connectivity index (χ2n) is 8.18. The van der Waals surface area contributed by atoms with Crippen LogP contribution >= 0.6 is 0 Å². The van der Waals surface area contributed by atoms with E-state index in [-0.39, 0.29) is 29.4 Å². The fourth-order valence-corrected chi connectivity index (χ4v) is 6.03. The van der Waals surface area contributed by atoms with Gasteiger partial charge in [-0.2, -0.15) is 4.31 Å². The van der Waals surface area contributed by atoms with Crippen LogP contribution in [0.3, 0.4) is 0 Å². The van der Waals surface area contributed by atoms with E-state index in [2.05, 4.69) is 5.32 Å². The molecule has 1 heterocycles. The number of amides is 1. The Morgan fingerprint density at radius 1 is 1.08 bits per heavy atom. The molecule has 0 atom stereocenters. The molecule has 1 N–H and O–H groups in total. The lowest BCUT2D eigenvalue weighted by Crippen LogP contribution is -2.41. The summed E-state index contributed by atoms with van der Waals surface area (Å²) in [5.74, 6) is -0.213. The number of rotatable bonds is 11. The molecule has 0 unspecified atom stereocenters. The summed E-state index contributed by atoms with van der Waals surface area (Å²) in [6, 6.07) is 11.0. The third kappa shape index (κ3) is 7.15. The van der Waals surface area contributed by atoms with Crippen LogP contribution in [-0.4, -0.2) is 71.0 Å². The molecule has 14 heteroatoms. The highest BCUT2D eigenvalue weighted by molar-refractivity contribution is 7.92. The summed E-state index contributed by atoms with van der Waals surface area (Å²) in [5.41, 5.74) is -0.303. The highest BCUT2D eigenvalue weighted by atomic mass is 32.2. The molecular weight excluding hydrogens is 512 g/mol. The standard InChI is InChI=1S/C22H28N4O8S2/c1-35(30,31)25(18-6-5-7-19(16-18)26(28)29)17-22(27)23-12-15-34-20-8-10-21(11-9-20)36(32,33)24-13-3-2-4-14-24/h5-11,16H,2-4,12-15,17H2,1H3,(H,23,27). The van der Waals surface area contributed by atoms with Crippen molar-refractivity contribution in [1.82, 2.24) is 9.62 Å². The first-order valence-corrected chi connectivity index (χ1v) is 14.5. The van der Waals surface area contributed by atoms with Crippen molar-refractivity contribution in [2.45, 2.75) is 24.2 Å². The Hall–Kier alpha value is -3.23. The van der Waals surface area contributed by atoms with Gasteiger partial charge in [0.15, 0.2) is 0 Å². The summed E-state index contributed by atoms with van der Waals surface area (Å²) in [4.78, 5) is 22.9. The molecule has 2 aromatic carbocycles. The number of nitro groups is 1. The number of sulfonamides is 2. The van der Waals surface area contributed by atoms with Crippen molar-refractivity contribution in [1.29, 1.82) is 0 Å². The highest BCUT2D eigenvalue weighted by Crippen LogP contribution is 2.24. The molecule has 0 bridgehead atoms. The van der Waals surface area contributed by atoms with Crippen LogP contribution < -0.4 is 14.4 Å². The number of nitrogens with zero attached hydrogens (tertiary/aromatic N) is 3. The number of nitrogens with one attached hydrogen (secondary N) is 1. The largest absolute Gasteiger partial charge is 0.492 e. The Morgan fingerprint density at radius 2 is 1.75 bits per heavy atom. The smallest absolute Gasteiger partial charge is 0.271 e. The number of anilines is 1. The zero-order valence-electron chi connectivity index (χ0n) is 19.7. The minimum atomic E-state index is -3.89. The molecule has 36 heavy (non-hydrogen) atoms. The maximum absolute atomic E-state index is 12.7. The SMILES string of the molecule is CS(=O)(=O)N(CC(=O)NCCOc1ccc(S(=O)(=O)N2CCCCC2)cc1)c1cccc([N+](=O)[O-])c1. The number of non-ortho nitro benzene ring substituents is 1.